The van der Waals surface area contributed by atoms with Gasteiger partial charge < -0.3 is 10.6 Å². The first-order valence-electron chi connectivity index (χ1n) is 11.6. The van der Waals surface area contributed by atoms with E-state index in [0.29, 0.717) is 28.4 Å². The minimum absolute atomic E-state index is 0.195. The van der Waals surface area contributed by atoms with Gasteiger partial charge in [0.1, 0.15) is 5.70 Å². The van der Waals surface area contributed by atoms with E-state index in [-0.39, 0.29) is 11.6 Å². The fourth-order valence-corrected chi connectivity index (χ4v) is 4.04. The monoisotopic (exact) mass is 467 g/mol. The highest BCUT2D eigenvalue weighted by molar-refractivity contribution is 6.46. The van der Waals surface area contributed by atoms with Gasteiger partial charge in [0.05, 0.1) is 11.3 Å². The average molecular weight is 468 g/mol. The summed E-state index contributed by atoms with van der Waals surface area (Å²) in [5, 5.41) is 5.91. The molecule has 0 aromatic heterocycles. The maximum absolute atomic E-state index is 13.7. The third-order valence-corrected chi connectivity index (χ3v) is 6.17. The number of rotatable bonds is 6. The van der Waals surface area contributed by atoms with Crippen molar-refractivity contribution in [3.05, 3.63) is 94.7 Å². The van der Waals surface area contributed by atoms with Gasteiger partial charge in [-0.15, -0.1) is 0 Å². The van der Waals surface area contributed by atoms with Crippen LogP contribution in [-0.4, -0.2) is 17.7 Å². The van der Waals surface area contributed by atoms with Crippen LogP contribution in [0, 0.1) is 13.8 Å². The molecule has 35 heavy (non-hydrogen) atoms. The minimum Gasteiger partial charge on any atom is -0.350 e. The molecule has 0 saturated carbocycles. The third kappa shape index (κ3) is 4.87. The summed E-state index contributed by atoms with van der Waals surface area (Å²) in [6.07, 6.45) is 0. The van der Waals surface area contributed by atoms with Crippen molar-refractivity contribution < 1.29 is 14.4 Å². The number of benzene rings is 3. The zero-order valence-electron chi connectivity index (χ0n) is 20.6. The van der Waals surface area contributed by atoms with Gasteiger partial charge in [-0.3, -0.25) is 14.4 Å². The maximum atomic E-state index is 13.7. The molecule has 1 aliphatic heterocycles. The topological polar surface area (TPSA) is 78.5 Å². The Bertz CT molecular complexity index is 1340. The predicted molar refractivity (Wildman–Crippen MR) is 140 cm³/mol. The summed E-state index contributed by atoms with van der Waals surface area (Å²) in [6, 6.07) is 20.3. The Kier molecular flexibility index (Phi) is 6.56. The van der Waals surface area contributed by atoms with E-state index >= 15 is 0 Å². The SMILES string of the molecule is CC(=O)Nc1ccc(N2C(=O)C(Nc3ccc(C(C)C)cc3)=C(c3ccc(C)c(C)c3)C2=O)cc1. The molecule has 4 rings (SSSR count). The lowest BCUT2D eigenvalue weighted by Crippen LogP contribution is -2.32. The van der Waals surface area contributed by atoms with E-state index in [1.54, 1.807) is 24.3 Å². The van der Waals surface area contributed by atoms with Crippen LogP contribution in [0.1, 0.15) is 48.9 Å². The molecule has 0 unspecified atom stereocenters. The minimum atomic E-state index is -0.427. The highest BCUT2D eigenvalue weighted by atomic mass is 16.2. The molecule has 3 aromatic rings. The van der Waals surface area contributed by atoms with Crippen molar-refractivity contribution in [1.29, 1.82) is 0 Å². The van der Waals surface area contributed by atoms with Crippen LogP contribution >= 0.6 is 0 Å². The number of imide groups is 1. The zero-order valence-corrected chi connectivity index (χ0v) is 20.6. The van der Waals surface area contributed by atoms with Crippen molar-refractivity contribution in [3.8, 4) is 0 Å². The van der Waals surface area contributed by atoms with Gasteiger partial charge in [0, 0.05) is 18.3 Å². The Balaban J connectivity index is 1.75. The Morgan fingerprint density at radius 3 is 2.00 bits per heavy atom. The van der Waals surface area contributed by atoms with Crippen LogP contribution in [0.5, 0.6) is 0 Å². The van der Waals surface area contributed by atoms with E-state index in [9.17, 15) is 14.4 Å². The smallest absolute Gasteiger partial charge is 0.282 e. The third-order valence-electron chi connectivity index (χ3n) is 6.17. The van der Waals surface area contributed by atoms with Crippen LogP contribution in [0.15, 0.2) is 72.4 Å². The second-order valence-corrected chi connectivity index (χ2v) is 9.12. The van der Waals surface area contributed by atoms with Gasteiger partial charge in [-0.05, 0) is 78.4 Å². The van der Waals surface area contributed by atoms with Gasteiger partial charge in [-0.25, -0.2) is 4.90 Å². The van der Waals surface area contributed by atoms with Crippen molar-refractivity contribution in [3.63, 3.8) is 0 Å². The summed E-state index contributed by atoms with van der Waals surface area (Å²) in [5.74, 6) is -0.630. The number of anilines is 3. The molecule has 3 amide bonds. The fourth-order valence-electron chi connectivity index (χ4n) is 4.04. The lowest BCUT2D eigenvalue weighted by Gasteiger charge is -2.16. The molecule has 1 aliphatic rings. The van der Waals surface area contributed by atoms with Crippen molar-refractivity contribution >= 4 is 40.4 Å². The molecule has 0 bridgehead atoms. The van der Waals surface area contributed by atoms with E-state index in [2.05, 4.69) is 24.5 Å². The summed E-state index contributed by atoms with van der Waals surface area (Å²) < 4.78 is 0. The number of hydrogen-bond donors (Lipinski definition) is 2. The van der Waals surface area contributed by atoms with E-state index in [4.69, 9.17) is 0 Å². The molecule has 178 valence electrons. The molecule has 0 aliphatic carbocycles. The Hall–Kier alpha value is -4.19. The summed E-state index contributed by atoms with van der Waals surface area (Å²) in [5.41, 5.74) is 6.34. The molecule has 0 fully saturated rings. The number of hydrogen-bond acceptors (Lipinski definition) is 4. The lowest BCUT2D eigenvalue weighted by molar-refractivity contribution is -0.120. The Morgan fingerprint density at radius 1 is 0.800 bits per heavy atom. The summed E-state index contributed by atoms with van der Waals surface area (Å²) >= 11 is 0. The number of nitrogens with zero attached hydrogens (tertiary/aromatic N) is 1. The first-order valence-corrected chi connectivity index (χ1v) is 11.6. The average Bonchev–Trinajstić information content (AvgIpc) is 3.05. The van der Waals surface area contributed by atoms with Gasteiger partial charge in [0.25, 0.3) is 11.8 Å². The molecule has 0 atom stereocenters. The van der Waals surface area contributed by atoms with Crippen molar-refractivity contribution in [2.45, 2.75) is 40.5 Å². The summed E-state index contributed by atoms with van der Waals surface area (Å²) in [6.45, 7) is 9.66. The first-order chi connectivity index (χ1) is 16.7. The van der Waals surface area contributed by atoms with Gasteiger partial charge in [0.15, 0.2) is 0 Å². The fraction of sp³-hybridized carbons (Fsp3) is 0.207. The lowest BCUT2D eigenvalue weighted by atomic mass is 9.99. The Labute approximate surface area is 205 Å². The summed E-state index contributed by atoms with van der Waals surface area (Å²) in [4.78, 5) is 39.8. The van der Waals surface area contributed by atoms with E-state index in [1.165, 1.54) is 17.4 Å². The molecule has 3 aromatic carbocycles. The normalized spacial score (nSPS) is 13.6. The standard InChI is InChI=1S/C29H29N3O3/c1-17(2)21-8-10-24(11-9-21)31-27-26(22-7-6-18(3)19(4)16-22)28(34)32(29(27)35)25-14-12-23(13-15-25)30-20(5)33/h6-17,31H,1-5H3,(H,30,33). The molecule has 0 spiro atoms. The van der Waals surface area contributed by atoms with Crippen LogP contribution in [0.25, 0.3) is 5.57 Å². The zero-order chi connectivity index (χ0) is 25.3. The van der Waals surface area contributed by atoms with Gasteiger partial charge >= 0.3 is 0 Å². The molecule has 0 radical (unpaired) electrons. The van der Waals surface area contributed by atoms with E-state index < -0.39 is 11.8 Å². The number of carbonyl (C=O) groups is 3. The molecule has 6 heteroatoms. The highest BCUT2D eigenvalue weighted by Crippen LogP contribution is 2.35. The molecule has 0 saturated heterocycles. The predicted octanol–water partition coefficient (Wildman–Crippen LogP) is 5.78. The van der Waals surface area contributed by atoms with Crippen LogP contribution in [0.3, 0.4) is 0 Å². The van der Waals surface area contributed by atoms with Crippen LogP contribution in [0.4, 0.5) is 17.1 Å². The van der Waals surface area contributed by atoms with Crippen LogP contribution in [0.2, 0.25) is 0 Å². The number of amides is 3. The van der Waals surface area contributed by atoms with Crippen molar-refractivity contribution in [2.75, 3.05) is 15.5 Å². The largest absolute Gasteiger partial charge is 0.350 e. The van der Waals surface area contributed by atoms with Crippen molar-refractivity contribution in [2.24, 2.45) is 0 Å². The molecule has 6 nitrogen and oxygen atoms in total. The highest BCUT2D eigenvalue weighted by Gasteiger charge is 2.40. The number of carbonyl (C=O) groups excluding carboxylic acids is 3. The van der Waals surface area contributed by atoms with Gasteiger partial charge in [-0.2, -0.15) is 0 Å². The van der Waals surface area contributed by atoms with Gasteiger partial charge in [0.2, 0.25) is 5.91 Å². The Morgan fingerprint density at radius 2 is 1.43 bits per heavy atom. The van der Waals surface area contributed by atoms with Gasteiger partial charge in [-0.1, -0.05) is 44.2 Å². The summed E-state index contributed by atoms with van der Waals surface area (Å²) in [7, 11) is 0. The molecule has 1 heterocycles. The first kappa shape index (κ1) is 24.0. The van der Waals surface area contributed by atoms with E-state index in [1.807, 2.05) is 56.3 Å². The van der Waals surface area contributed by atoms with Crippen LogP contribution < -0.4 is 15.5 Å². The quantitative estimate of drug-likeness (QED) is 0.450. The number of aryl methyl sites for hydroxylation is 2. The molecular formula is C29H29N3O3. The van der Waals surface area contributed by atoms with Crippen LogP contribution in [-0.2, 0) is 14.4 Å². The van der Waals surface area contributed by atoms with E-state index in [0.717, 1.165) is 16.8 Å². The maximum Gasteiger partial charge on any atom is 0.282 e. The number of nitrogens with one attached hydrogen (secondary N) is 2. The second-order valence-electron chi connectivity index (χ2n) is 9.12. The molecule has 2 N–H and O–H groups in total. The second kappa shape index (κ2) is 9.58. The van der Waals surface area contributed by atoms with Crippen molar-refractivity contribution in [1.82, 2.24) is 0 Å². The molecular weight excluding hydrogens is 438 g/mol.